The molecule has 1 aromatic carbocycles. The number of benzene rings is 1. The van der Waals surface area contributed by atoms with E-state index in [1.807, 2.05) is 0 Å². The molecule has 0 aliphatic rings. The van der Waals surface area contributed by atoms with E-state index in [0.29, 0.717) is 0 Å². The largest absolute Gasteiger partial charge is 0.0654 e. The maximum absolute atomic E-state index is 2.34. The predicted octanol–water partition coefficient (Wildman–Crippen LogP) is 4.13. The van der Waals surface area contributed by atoms with Crippen molar-refractivity contribution in [3.05, 3.63) is 41.8 Å². The van der Waals surface area contributed by atoms with Crippen molar-refractivity contribution in [3.8, 4) is 0 Å². The minimum Gasteiger partial charge on any atom is -0.0654 e. The molecule has 71 valence electrons. The van der Waals surface area contributed by atoms with Crippen LogP contribution in [-0.4, -0.2) is 0 Å². The van der Waals surface area contributed by atoms with Gasteiger partial charge in [0.25, 0.3) is 0 Å². The minimum atomic E-state index is 1.22. The summed E-state index contributed by atoms with van der Waals surface area (Å²) in [5.41, 5.74) is 2.72. The molecule has 1 radical (unpaired) electrons. The first-order chi connectivity index (χ1) is 6.33. The lowest BCUT2D eigenvalue weighted by atomic mass is 10.0. The van der Waals surface area contributed by atoms with Gasteiger partial charge in [-0.1, -0.05) is 56.0 Å². The molecule has 0 N–H and O–H groups in total. The summed E-state index contributed by atoms with van der Waals surface area (Å²) in [4.78, 5) is 0. The van der Waals surface area contributed by atoms with E-state index in [0.717, 1.165) is 0 Å². The standard InChI is InChI=1S/C13H19/c1-3-4-5-6-9-13-10-7-8-12(2)11-13/h7-11H,3-6H2,1-2H3. The zero-order chi connectivity index (χ0) is 9.52. The van der Waals surface area contributed by atoms with Crippen LogP contribution in [0.25, 0.3) is 0 Å². The second-order valence-electron chi connectivity index (χ2n) is 3.61. The van der Waals surface area contributed by atoms with Crippen molar-refractivity contribution in [1.82, 2.24) is 0 Å². The Balaban J connectivity index is 2.28. The molecular weight excluding hydrogens is 156 g/mol. The number of hydrogen-bond donors (Lipinski definition) is 0. The molecular formula is C13H19. The summed E-state index contributed by atoms with van der Waals surface area (Å²) in [7, 11) is 0. The third-order valence-electron chi connectivity index (χ3n) is 2.23. The van der Waals surface area contributed by atoms with Crippen molar-refractivity contribution in [2.75, 3.05) is 0 Å². The first-order valence-corrected chi connectivity index (χ1v) is 5.23. The summed E-state index contributed by atoms with van der Waals surface area (Å²) in [6.45, 7) is 4.38. The summed E-state index contributed by atoms with van der Waals surface area (Å²) in [6.07, 6.45) is 7.54. The van der Waals surface area contributed by atoms with Gasteiger partial charge in [0.2, 0.25) is 0 Å². The summed E-state index contributed by atoms with van der Waals surface area (Å²) in [5, 5.41) is 0. The maximum Gasteiger partial charge on any atom is -0.00930 e. The Labute approximate surface area is 82.0 Å². The van der Waals surface area contributed by atoms with Crippen molar-refractivity contribution >= 4 is 0 Å². The van der Waals surface area contributed by atoms with E-state index in [4.69, 9.17) is 0 Å². The van der Waals surface area contributed by atoms with Crippen LogP contribution in [0.2, 0.25) is 0 Å². The SMILES string of the molecule is CCCCC[CH]c1cccc(C)c1. The molecule has 0 amide bonds. The van der Waals surface area contributed by atoms with E-state index in [-0.39, 0.29) is 0 Å². The van der Waals surface area contributed by atoms with Crippen LogP contribution in [0, 0.1) is 13.3 Å². The summed E-state index contributed by atoms with van der Waals surface area (Å²) in [5.74, 6) is 0. The van der Waals surface area contributed by atoms with E-state index >= 15 is 0 Å². The quantitative estimate of drug-likeness (QED) is 0.590. The molecule has 0 unspecified atom stereocenters. The van der Waals surface area contributed by atoms with Crippen LogP contribution in [0.4, 0.5) is 0 Å². The predicted molar refractivity (Wildman–Crippen MR) is 58.7 cm³/mol. The Hall–Kier alpha value is -0.780. The first-order valence-electron chi connectivity index (χ1n) is 5.23. The smallest absolute Gasteiger partial charge is 0.00930 e. The van der Waals surface area contributed by atoms with Crippen molar-refractivity contribution in [1.29, 1.82) is 0 Å². The van der Waals surface area contributed by atoms with Gasteiger partial charge >= 0.3 is 0 Å². The summed E-state index contributed by atoms with van der Waals surface area (Å²) >= 11 is 0. The molecule has 0 heterocycles. The molecule has 0 bridgehead atoms. The highest BCUT2D eigenvalue weighted by molar-refractivity contribution is 5.27. The van der Waals surface area contributed by atoms with Crippen LogP contribution in [0.15, 0.2) is 24.3 Å². The van der Waals surface area contributed by atoms with Crippen LogP contribution in [0.1, 0.15) is 43.7 Å². The highest BCUT2D eigenvalue weighted by Crippen LogP contribution is 2.11. The van der Waals surface area contributed by atoms with Crippen molar-refractivity contribution in [3.63, 3.8) is 0 Å². The Morgan fingerprint density at radius 3 is 2.77 bits per heavy atom. The third kappa shape index (κ3) is 4.12. The molecule has 0 heteroatoms. The van der Waals surface area contributed by atoms with E-state index < -0.39 is 0 Å². The third-order valence-corrected chi connectivity index (χ3v) is 2.23. The van der Waals surface area contributed by atoms with Crippen LogP contribution in [0.3, 0.4) is 0 Å². The fourth-order valence-electron chi connectivity index (χ4n) is 1.46. The van der Waals surface area contributed by atoms with Gasteiger partial charge in [-0.2, -0.15) is 0 Å². The fraction of sp³-hybridized carbons (Fsp3) is 0.462. The number of aryl methyl sites for hydroxylation is 1. The summed E-state index contributed by atoms with van der Waals surface area (Å²) in [6, 6.07) is 8.69. The fourth-order valence-corrected chi connectivity index (χ4v) is 1.46. The average molecular weight is 175 g/mol. The molecule has 0 saturated carbocycles. The van der Waals surface area contributed by atoms with Crippen LogP contribution in [0.5, 0.6) is 0 Å². The van der Waals surface area contributed by atoms with Crippen molar-refractivity contribution in [2.45, 2.75) is 39.5 Å². The monoisotopic (exact) mass is 175 g/mol. The van der Waals surface area contributed by atoms with E-state index in [2.05, 4.69) is 44.5 Å². The molecule has 0 spiro atoms. The molecule has 0 aromatic heterocycles. The number of rotatable bonds is 5. The molecule has 0 aliphatic carbocycles. The zero-order valence-electron chi connectivity index (χ0n) is 8.72. The molecule has 0 nitrogen and oxygen atoms in total. The highest BCUT2D eigenvalue weighted by atomic mass is 14.0. The van der Waals surface area contributed by atoms with Gasteiger partial charge in [-0.3, -0.25) is 0 Å². The van der Waals surface area contributed by atoms with Gasteiger partial charge in [0.1, 0.15) is 0 Å². The van der Waals surface area contributed by atoms with Crippen molar-refractivity contribution < 1.29 is 0 Å². The van der Waals surface area contributed by atoms with Crippen LogP contribution in [-0.2, 0) is 0 Å². The topological polar surface area (TPSA) is 0 Å². The van der Waals surface area contributed by atoms with Gasteiger partial charge in [-0.25, -0.2) is 0 Å². The second kappa shape index (κ2) is 5.80. The average Bonchev–Trinajstić information content (AvgIpc) is 2.13. The van der Waals surface area contributed by atoms with Gasteiger partial charge in [-0.15, -0.1) is 0 Å². The highest BCUT2D eigenvalue weighted by Gasteiger charge is 1.93. The number of hydrogen-bond acceptors (Lipinski definition) is 0. The Morgan fingerprint density at radius 2 is 2.08 bits per heavy atom. The van der Waals surface area contributed by atoms with Gasteiger partial charge in [0.05, 0.1) is 0 Å². The lowest BCUT2D eigenvalue weighted by Crippen LogP contribution is -1.83. The van der Waals surface area contributed by atoms with Crippen LogP contribution < -0.4 is 0 Å². The Morgan fingerprint density at radius 1 is 1.23 bits per heavy atom. The molecule has 0 fully saturated rings. The van der Waals surface area contributed by atoms with Gasteiger partial charge < -0.3 is 0 Å². The molecule has 0 aliphatic heterocycles. The lowest BCUT2D eigenvalue weighted by Gasteiger charge is -2.01. The molecule has 0 saturated heterocycles. The van der Waals surface area contributed by atoms with E-state index in [1.54, 1.807) is 0 Å². The Bertz CT molecular complexity index is 238. The lowest BCUT2D eigenvalue weighted by molar-refractivity contribution is 0.715. The van der Waals surface area contributed by atoms with Crippen LogP contribution >= 0.6 is 0 Å². The summed E-state index contributed by atoms with van der Waals surface area (Å²) < 4.78 is 0. The maximum atomic E-state index is 2.34. The molecule has 1 aromatic rings. The van der Waals surface area contributed by atoms with E-state index in [1.165, 1.54) is 36.8 Å². The first kappa shape index (κ1) is 10.3. The number of unbranched alkanes of at least 4 members (excludes halogenated alkanes) is 3. The molecule has 1 rings (SSSR count). The molecule has 0 atom stereocenters. The van der Waals surface area contributed by atoms with Crippen molar-refractivity contribution in [2.24, 2.45) is 0 Å². The van der Waals surface area contributed by atoms with Gasteiger partial charge in [0.15, 0.2) is 0 Å². The molecule has 13 heavy (non-hydrogen) atoms. The van der Waals surface area contributed by atoms with Gasteiger partial charge in [-0.05, 0) is 25.3 Å². The normalized spacial score (nSPS) is 10.3. The minimum absolute atomic E-state index is 1.22. The Kier molecular flexibility index (Phi) is 4.59. The second-order valence-corrected chi connectivity index (χ2v) is 3.61. The van der Waals surface area contributed by atoms with Gasteiger partial charge in [0, 0.05) is 0 Å². The van der Waals surface area contributed by atoms with E-state index in [9.17, 15) is 0 Å². The zero-order valence-corrected chi connectivity index (χ0v) is 8.72.